The van der Waals surface area contributed by atoms with Crippen molar-refractivity contribution in [3.8, 4) is 11.1 Å². The number of hydrogen-bond donors (Lipinski definition) is 1. The van der Waals surface area contributed by atoms with Crippen LogP contribution in [0.2, 0.25) is 0 Å². The Hall–Kier alpha value is -3.31. The van der Waals surface area contributed by atoms with E-state index < -0.39 is 15.4 Å². The average molecular weight is 581 g/mol. The number of nitrogens with zero attached hydrogens (tertiary/aromatic N) is 5. The monoisotopic (exact) mass is 580 g/mol. The molecule has 1 aromatic carbocycles. The number of sulfonamides is 1. The fourth-order valence-electron chi connectivity index (χ4n) is 5.91. The van der Waals surface area contributed by atoms with E-state index >= 15 is 0 Å². The molecule has 1 amide bonds. The molecular weight excluding hydrogens is 540 g/mol. The number of pyridine rings is 1. The van der Waals surface area contributed by atoms with Gasteiger partial charge in [0.2, 0.25) is 21.9 Å². The first-order valence-corrected chi connectivity index (χ1v) is 16.2. The van der Waals surface area contributed by atoms with Crippen LogP contribution in [0, 0.1) is 12.3 Å². The van der Waals surface area contributed by atoms with E-state index in [9.17, 15) is 18.0 Å². The topological polar surface area (TPSA) is 118 Å². The Morgan fingerprint density at radius 2 is 1.66 bits per heavy atom. The van der Waals surface area contributed by atoms with Crippen LogP contribution in [-0.4, -0.2) is 76.5 Å². The first kappa shape index (κ1) is 29.2. The Labute approximate surface area is 241 Å². The molecule has 2 aromatic heterocycles. The van der Waals surface area contributed by atoms with Crippen LogP contribution in [0.15, 0.2) is 41.3 Å². The zero-order chi connectivity index (χ0) is 29.5. The molecule has 1 N–H and O–H groups in total. The summed E-state index contributed by atoms with van der Waals surface area (Å²) < 4.78 is 27.5. The quantitative estimate of drug-likeness (QED) is 0.488. The third-order valence-corrected chi connectivity index (χ3v) is 9.53. The van der Waals surface area contributed by atoms with Gasteiger partial charge < -0.3 is 10.2 Å². The molecule has 5 rings (SSSR count). The fourth-order valence-corrected chi connectivity index (χ4v) is 6.79. The van der Waals surface area contributed by atoms with Gasteiger partial charge in [0.1, 0.15) is 5.65 Å². The summed E-state index contributed by atoms with van der Waals surface area (Å²) >= 11 is 0. The Kier molecular flexibility index (Phi) is 7.95. The minimum atomic E-state index is -3.30. The van der Waals surface area contributed by atoms with Crippen molar-refractivity contribution in [2.75, 3.05) is 37.8 Å². The van der Waals surface area contributed by atoms with Gasteiger partial charge in [-0.25, -0.2) is 17.7 Å². The molecule has 2 aliphatic rings. The lowest BCUT2D eigenvalue weighted by atomic mass is 9.93. The van der Waals surface area contributed by atoms with Crippen molar-refractivity contribution < 1.29 is 13.2 Å². The minimum absolute atomic E-state index is 0.112. The number of fused-ring (bicyclic) bond motifs is 1. The van der Waals surface area contributed by atoms with Crippen molar-refractivity contribution in [1.29, 1.82) is 0 Å². The van der Waals surface area contributed by atoms with Crippen LogP contribution in [0.25, 0.3) is 22.2 Å². The standard InChI is InChI=1S/C30H40N6O4S/c1-20-8-6-7-9-24(20)25-18-21-19-31-29(32-22-10-14-34(15-11-22)28(38)30(2,3)4)33-26(21)36(27(25)37)23-12-16-35(17-13-23)41(5,39)40/h6-9,18-19,22-23H,10-17H2,1-5H3,(H,31,32,33). The van der Waals surface area contributed by atoms with Gasteiger partial charge in [-0.2, -0.15) is 4.98 Å². The van der Waals surface area contributed by atoms with Crippen molar-refractivity contribution in [2.45, 2.75) is 65.5 Å². The molecule has 2 fully saturated rings. The number of nitrogens with one attached hydrogen (secondary N) is 1. The number of likely N-dealkylation sites (tertiary alicyclic amines) is 1. The second-order valence-electron chi connectivity index (χ2n) is 12.4. The van der Waals surface area contributed by atoms with Crippen molar-refractivity contribution in [3.63, 3.8) is 0 Å². The van der Waals surface area contributed by atoms with Gasteiger partial charge in [0.15, 0.2) is 0 Å². The number of carbonyl (C=O) groups is 1. The highest BCUT2D eigenvalue weighted by atomic mass is 32.2. The predicted octanol–water partition coefficient (Wildman–Crippen LogP) is 3.81. The Bertz CT molecular complexity index is 1610. The average Bonchev–Trinajstić information content (AvgIpc) is 2.92. The van der Waals surface area contributed by atoms with E-state index in [2.05, 4.69) is 10.3 Å². The van der Waals surface area contributed by atoms with Crippen LogP contribution in [0.3, 0.4) is 0 Å². The summed E-state index contributed by atoms with van der Waals surface area (Å²) in [5, 5.41) is 4.19. The van der Waals surface area contributed by atoms with E-state index in [0.29, 0.717) is 56.2 Å². The summed E-state index contributed by atoms with van der Waals surface area (Å²) in [7, 11) is -3.30. The third kappa shape index (κ3) is 6.16. The molecule has 2 saturated heterocycles. The highest BCUT2D eigenvalue weighted by molar-refractivity contribution is 7.88. The SMILES string of the molecule is Cc1ccccc1-c1cc2cnc(NC3CCN(C(=O)C(C)(C)C)CC3)nc2n(C2CCN(S(C)(=O)=O)CC2)c1=O. The van der Waals surface area contributed by atoms with Gasteiger partial charge in [0.05, 0.1) is 6.26 Å². The molecule has 3 aromatic rings. The van der Waals surface area contributed by atoms with Gasteiger partial charge in [-0.15, -0.1) is 0 Å². The van der Waals surface area contributed by atoms with Crippen LogP contribution < -0.4 is 10.9 Å². The molecule has 0 spiro atoms. The van der Waals surface area contributed by atoms with Gasteiger partial charge in [-0.05, 0) is 49.8 Å². The lowest BCUT2D eigenvalue weighted by Crippen LogP contribution is -2.46. The molecule has 0 saturated carbocycles. The fraction of sp³-hybridized carbons (Fsp3) is 0.533. The summed E-state index contributed by atoms with van der Waals surface area (Å²) in [6.07, 6.45) is 5.59. The number of piperidine rings is 2. The number of aryl methyl sites for hydroxylation is 1. The van der Waals surface area contributed by atoms with E-state index in [1.165, 1.54) is 10.6 Å². The van der Waals surface area contributed by atoms with E-state index in [0.717, 1.165) is 29.4 Å². The number of benzene rings is 1. The maximum Gasteiger partial charge on any atom is 0.260 e. The molecule has 41 heavy (non-hydrogen) atoms. The smallest absolute Gasteiger partial charge is 0.260 e. The summed E-state index contributed by atoms with van der Waals surface area (Å²) in [6.45, 7) is 9.86. The molecule has 0 aliphatic carbocycles. The Balaban J connectivity index is 1.47. The normalized spacial score (nSPS) is 18.1. The van der Waals surface area contributed by atoms with Gasteiger partial charge >= 0.3 is 0 Å². The number of amides is 1. The summed E-state index contributed by atoms with van der Waals surface area (Å²) in [6, 6.07) is 9.58. The van der Waals surface area contributed by atoms with Crippen LogP contribution in [-0.2, 0) is 14.8 Å². The zero-order valence-electron chi connectivity index (χ0n) is 24.6. The van der Waals surface area contributed by atoms with Crippen LogP contribution in [0.5, 0.6) is 0 Å². The second kappa shape index (κ2) is 11.2. The minimum Gasteiger partial charge on any atom is -0.351 e. The lowest BCUT2D eigenvalue weighted by Gasteiger charge is -2.36. The summed E-state index contributed by atoms with van der Waals surface area (Å²) in [4.78, 5) is 38.2. The molecule has 0 unspecified atom stereocenters. The van der Waals surface area contributed by atoms with E-state index in [4.69, 9.17) is 4.98 Å². The second-order valence-corrected chi connectivity index (χ2v) is 14.4. The largest absolute Gasteiger partial charge is 0.351 e. The number of rotatable bonds is 5. The van der Waals surface area contributed by atoms with Gasteiger partial charge in [0, 0.05) is 60.8 Å². The van der Waals surface area contributed by atoms with Gasteiger partial charge in [-0.1, -0.05) is 45.0 Å². The molecule has 0 atom stereocenters. The third-order valence-electron chi connectivity index (χ3n) is 8.22. The van der Waals surface area contributed by atoms with Crippen LogP contribution >= 0.6 is 0 Å². The van der Waals surface area contributed by atoms with E-state index in [-0.39, 0.29) is 23.6 Å². The van der Waals surface area contributed by atoms with Crippen molar-refractivity contribution in [1.82, 2.24) is 23.7 Å². The molecular formula is C30H40N6O4S. The van der Waals surface area contributed by atoms with E-state index in [1.807, 2.05) is 62.9 Å². The maximum absolute atomic E-state index is 14.1. The molecule has 11 heteroatoms. The number of aromatic nitrogens is 3. The highest BCUT2D eigenvalue weighted by Gasteiger charge is 2.31. The zero-order valence-corrected chi connectivity index (χ0v) is 25.4. The number of hydrogen-bond acceptors (Lipinski definition) is 7. The molecule has 220 valence electrons. The van der Waals surface area contributed by atoms with Crippen LogP contribution in [0.1, 0.15) is 58.1 Å². The number of carbonyl (C=O) groups excluding carboxylic acids is 1. The Morgan fingerprint density at radius 3 is 2.27 bits per heavy atom. The predicted molar refractivity (Wildman–Crippen MR) is 161 cm³/mol. The summed E-state index contributed by atoms with van der Waals surface area (Å²) in [5.41, 5.74) is 2.45. The molecule has 0 radical (unpaired) electrons. The molecule has 4 heterocycles. The van der Waals surface area contributed by atoms with Gasteiger partial charge in [-0.3, -0.25) is 14.2 Å². The van der Waals surface area contributed by atoms with E-state index in [1.54, 1.807) is 10.8 Å². The highest BCUT2D eigenvalue weighted by Crippen LogP contribution is 2.30. The first-order valence-electron chi connectivity index (χ1n) is 14.3. The molecule has 0 bridgehead atoms. The van der Waals surface area contributed by atoms with Crippen molar-refractivity contribution >= 4 is 32.9 Å². The lowest BCUT2D eigenvalue weighted by molar-refractivity contribution is -0.140. The van der Waals surface area contributed by atoms with Crippen molar-refractivity contribution in [3.05, 3.63) is 52.4 Å². The van der Waals surface area contributed by atoms with Gasteiger partial charge in [0.25, 0.3) is 5.56 Å². The summed E-state index contributed by atoms with van der Waals surface area (Å²) in [5.74, 6) is 0.608. The molecule has 2 aliphatic heterocycles. The van der Waals surface area contributed by atoms with Crippen molar-refractivity contribution in [2.24, 2.45) is 5.41 Å². The number of anilines is 1. The first-order chi connectivity index (χ1) is 19.3. The van der Waals surface area contributed by atoms with Crippen LogP contribution in [0.4, 0.5) is 5.95 Å². The Morgan fingerprint density at radius 1 is 1.00 bits per heavy atom. The maximum atomic E-state index is 14.1. The molecule has 10 nitrogen and oxygen atoms in total.